The highest BCUT2D eigenvalue weighted by Gasteiger charge is 2.19. The summed E-state index contributed by atoms with van der Waals surface area (Å²) in [5.41, 5.74) is 3.16. The first-order chi connectivity index (χ1) is 16.0. The number of para-hydroxylation sites is 1. The first-order valence-electron chi connectivity index (χ1n) is 10.6. The minimum absolute atomic E-state index is 0.117. The van der Waals surface area contributed by atoms with Gasteiger partial charge >= 0.3 is 0 Å². The number of methoxy groups -OCH3 is 1. The molecule has 2 aromatic heterocycles. The molecule has 1 amide bonds. The molecule has 0 aliphatic rings. The van der Waals surface area contributed by atoms with Gasteiger partial charge in [0.2, 0.25) is 5.91 Å². The van der Waals surface area contributed by atoms with Crippen LogP contribution >= 0.6 is 11.8 Å². The zero-order valence-electron chi connectivity index (χ0n) is 18.7. The second-order valence-electron chi connectivity index (χ2n) is 7.44. The van der Waals surface area contributed by atoms with Gasteiger partial charge in [-0.3, -0.25) is 18.8 Å². The van der Waals surface area contributed by atoms with Crippen LogP contribution in [-0.4, -0.2) is 38.1 Å². The number of aromatic nitrogens is 4. The lowest BCUT2D eigenvalue weighted by atomic mass is 10.2. The van der Waals surface area contributed by atoms with Crippen molar-refractivity contribution in [3.63, 3.8) is 0 Å². The van der Waals surface area contributed by atoms with Crippen LogP contribution in [0.3, 0.4) is 0 Å². The first kappa shape index (κ1) is 22.6. The minimum Gasteiger partial charge on any atom is -0.497 e. The molecule has 4 rings (SSSR count). The second-order valence-corrected chi connectivity index (χ2v) is 8.38. The van der Waals surface area contributed by atoms with Crippen molar-refractivity contribution in [3.05, 3.63) is 76.2 Å². The Morgan fingerprint density at radius 1 is 1.15 bits per heavy atom. The number of hydrogen-bond donors (Lipinski definition) is 1. The first-order valence-corrected chi connectivity index (χ1v) is 11.6. The van der Waals surface area contributed by atoms with Gasteiger partial charge in [0.15, 0.2) is 10.7 Å². The Kier molecular flexibility index (Phi) is 6.79. The average Bonchev–Trinajstić information content (AvgIpc) is 3.16. The van der Waals surface area contributed by atoms with Crippen LogP contribution in [0.2, 0.25) is 0 Å². The number of fused-ring (bicyclic) bond motifs is 1. The largest absolute Gasteiger partial charge is 0.497 e. The van der Waals surface area contributed by atoms with Gasteiger partial charge < -0.3 is 10.1 Å². The number of thioether (sulfide) groups is 1. The molecule has 0 bridgehead atoms. The lowest BCUT2D eigenvalue weighted by Crippen LogP contribution is -2.26. The fourth-order valence-electron chi connectivity index (χ4n) is 3.57. The Morgan fingerprint density at radius 2 is 1.94 bits per heavy atom. The predicted octanol–water partition coefficient (Wildman–Crippen LogP) is 3.71. The molecule has 170 valence electrons. The number of nitrogens with zero attached hydrogens (tertiary/aromatic N) is 4. The zero-order chi connectivity index (χ0) is 23.4. The topological polar surface area (TPSA) is 91.0 Å². The standard InChI is InChI=1S/C24H25N5O3S/c1-4-29-22-21(16(2)27-29)26-24(33-15-20(30)25-18-10-6-5-7-11-18)28(23(22)31)14-17-9-8-12-19(13-17)32-3/h5-13H,4,14-15H2,1-3H3,(H,25,30). The van der Waals surface area contributed by atoms with Crippen molar-refractivity contribution < 1.29 is 9.53 Å². The van der Waals surface area contributed by atoms with Crippen molar-refractivity contribution in [1.82, 2.24) is 19.3 Å². The Labute approximate surface area is 195 Å². The average molecular weight is 464 g/mol. The van der Waals surface area contributed by atoms with E-state index in [1.54, 1.807) is 16.4 Å². The molecule has 0 saturated carbocycles. The van der Waals surface area contributed by atoms with E-state index in [4.69, 9.17) is 9.72 Å². The number of ether oxygens (including phenoxy) is 1. The summed E-state index contributed by atoms with van der Waals surface area (Å²) in [6, 6.07) is 16.8. The van der Waals surface area contributed by atoms with Crippen LogP contribution < -0.4 is 15.6 Å². The number of nitrogens with one attached hydrogen (secondary N) is 1. The Bertz CT molecular complexity index is 1350. The molecular formula is C24H25N5O3S. The number of carbonyl (C=O) groups is 1. The van der Waals surface area contributed by atoms with Crippen molar-refractivity contribution in [3.8, 4) is 5.75 Å². The minimum atomic E-state index is -0.184. The van der Waals surface area contributed by atoms with Gasteiger partial charge in [0, 0.05) is 12.2 Å². The lowest BCUT2D eigenvalue weighted by Gasteiger charge is -2.13. The molecular weight excluding hydrogens is 438 g/mol. The maximum atomic E-state index is 13.6. The molecule has 1 N–H and O–H groups in total. The fraction of sp³-hybridized carbons (Fsp3) is 0.250. The molecule has 0 aliphatic carbocycles. The SMILES string of the molecule is CCn1nc(C)c2nc(SCC(=O)Nc3ccccc3)n(Cc3cccc(OC)c3)c(=O)c21. The second kappa shape index (κ2) is 9.91. The number of benzene rings is 2. The maximum absolute atomic E-state index is 13.6. The van der Waals surface area contributed by atoms with Crippen LogP contribution in [0.4, 0.5) is 5.69 Å². The summed E-state index contributed by atoms with van der Waals surface area (Å²) in [7, 11) is 1.61. The number of anilines is 1. The lowest BCUT2D eigenvalue weighted by molar-refractivity contribution is -0.113. The summed E-state index contributed by atoms with van der Waals surface area (Å²) < 4.78 is 8.60. The van der Waals surface area contributed by atoms with E-state index in [2.05, 4.69) is 10.4 Å². The van der Waals surface area contributed by atoms with Crippen molar-refractivity contribution >= 4 is 34.4 Å². The van der Waals surface area contributed by atoms with Gasteiger partial charge in [0.05, 0.1) is 25.1 Å². The molecule has 4 aromatic rings. The summed E-state index contributed by atoms with van der Waals surface area (Å²) in [5, 5.41) is 7.80. The molecule has 0 atom stereocenters. The van der Waals surface area contributed by atoms with Gasteiger partial charge in [0.25, 0.3) is 5.56 Å². The molecule has 33 heavy (non-hydrogen) atoms. The summed E-state index contributed by atoms with van der Waals surface area (Å²) in [4.78, 5) is 30.8. The van der Waals surface area contributed by atoms with Gasteiger partial charge in [-0.2, -0.15) is 5.10 Å². The van der Waals surface area contributed by atoms with Gasteiger partial charge in [-0.25, -0.2) is 4.98 Å². The van der Waals surface area contributed by atoms with Gasteiger partial charge in [-0.15, -0.1) is 0 Å². The number of rotatable bonds is 8. The van der Waals surface area contributed by atoms with E-state index in [1.165, 1.54) is 11.8 Å². The van der Waals surface area contributed by atoms with E-state index in [1.807, 2.05) is 68.4 Å². The van der Waals surface area contributed by atoms with E-state index in [-0.39, 0.29) is 17.2 Å². The number of aryl methyl sites for hydroxylation is 2. The molecule has 0 radical (unpaired) electrons. The van der Waals surface area contributed by atoms with Gasteiger partial charge in [-0.05, 0) is 43.7 Å². The zero-order valence-corrected chi connectivity index (χ0v) is 19.6. The molecule has 2 heterocycles. The molecule has 2 aromatic carbocycles. The monoisotopic (exact) mass is 463 g/mol. The Hall–Kier alpha value is -3.59. The van der Waals surface area contributed by atoms with Crippen LogP contribution in [0.25, 0.3) is 11.0 Å². The molecule has 0 saturated heterocycles. The Balaban J connectivity index is 1.70. The maximum Gasteiger partial charge on any atom is 0.280 e. The third-order valence-electron chi connectivity index (χ3n) is 5.15. The van der Waals surface area contributed by atoms with Crippen molar-refractivity contribution in [2.24, 2.45) is 0 Å². The summed E-state index contributed by atoms with van der Waals surface area (Å²) in [6.45, 7) is 4.64. The van der Waals surface area contributed by atoms with E-state index < -0.39 is 0 Å². The highest BCUT2D eigenvalue weighted by molar-refractivity contribution is 7.99. The molecule has 8 nitrogen and oxygen atoms in total. The third-order valence-corrected chi connectivity index (χ3v) is 6.12. The smallest absolute Gasteiger partial charge is 0.280 e. The van der Waals surface area contributed by atoms with Crippen LogP contribution in [0, 0.1) is 6.92 Å². The number of amides is 1. The van der Waals surface area contributed by atoms with Crippen LogP contribution in [0.15, 0.2) is 64.5 Å². The quantitative estimate of drug-likeness (QED) is 0.316. The highest BCUT2D eigenvalue weighted by Crippen LogP contribution is 2.22. The van der Waals surface area contributed by atoms with Crippen LogP contribution in [-0.2, 0) is 17.9 Å². The summed E-state index contributed by atoms with van der Waals surface area (Å²) in [5.74, 6) is 0.654. The predicted molar refractivity (Wildman–Crippen MR) is 130 cm³/mol. The van der Waals surface area contributed by atoms with Crippen LogP contribution in [0.1, 0.15) is 18.2 Å². The molecule has 0 spiro atoms. The van der Waals surface area contributed by atoms with E-state index in [9.17, 15) is 9.59 Å². The van der Waals surface area contributed by atoms with E-state index in [0.717, 1.165) is 11.3 Å². The van der Waals surface area contributed by atoms with E-state index in [0.29, 0.717) is 40.7 Å². The fourth-order valence-corrected chi connectivity index (χ4v) is 4.36. The molecule has 0 fully saturated rings. The molecule has 9 heteroatoms. The summed E-state index contributed by atoms with van der Waals surface area (Å²) >= 11 is 1.23. The normalized spacial score (nSPS) is 11.0. The highest BCUT2D eigenvalue weighted by atomic mass is 32.2. The number of hydrogen-bond acceptors (Lipinski definition) is 6. The van der Waals surface area contributed by atoms with E-state index >= 15 is 0 Å². The van der Waals surface area contributed by atoms with Gasteiger partial charge in [-0.1, -0.05) is 42.1 Å². The van der Waals surface area contributed by atoms with Gasteiger partial charge in [0.1, 0.15) is 11.3 Å². The third kappa shape index (κ3) is 4.93. The number of carbonyl (C=O) groups excluding carboxylic acids is 1. The van der Waals surface area contributed by atoms with Crippen LogP contribution in [0.5, 0.6) is 5.75 Å². The van der Waals surface area contributed by atoms with Crippen molar-refractivity contribution in [2.75, 3.05) is 18.2 Å². The Morgan fingerprint density at radius 3 is 2.67 bits per heavy atom. The summed E-state index contributed by atoms with van der Waals surface area (Å²) in [6.07, 6.45) is 0. The molecule has 0 aliphatic heterocycles. The molecule has 0 unspecified atom stereocenters. The van der Waals surface area contributed by atoms with Crippen molar-refractivity contribution in [2.45, 2.75) is 32.1 Å². The van der Waals surface area contributed by atoms with Crippen molar-refractivity contribution in [1.29, 1.82) is 0 Å².